The topological polar surface area (TPSA) is 47.6 Å². The molecule has 1 heterocycles. The Labute approximate surface area is 125 Å². The average Bonchev–Trinajstić information content (AvgIpc) is 3.18. The molecule has 1 aliphatic heterocycles. The molecule has 1 aliphatic carbocycles. The molecule has 0 spiro atoms. The Morgan fingerprint density at radius 1 is 1.38 bits per heavy atom. The molecule has 1 unspecified atom stereocenters. The van der Waals surface area contributed by atoms with Gasteiger partial charge in [0.05, 0.1) is 12.5 Å². The van der Waals surface area contributed by atoms with E-state index in [-0.39, 0.29) is 11.3 Å². The Morgan fingerprint density at radius 2 is 2.14 bits per heavy atom. The van der Waals surface area contributed by atoms with Crippen LogP contribution in [0, 0.1) is 5.92 Å². The molecule has 2 aliphatic rings. The fourth-order valence-electron chi connectivity index (χ4n) is 3.05. The van der Waals surface area contributed by atoms with Gasteiger partial charge < -0.3 is 14.8 Å². The van der Waals surface area contributed by atoms with E-state index in [0.29, 0.717) is 5.92 Å². The quantitative estimate of drug-likeness (QED) is 0.874. The fourth-order valence-corrected chi connectivity index (χ4v) is 3.05. The summed E-state index contributed by atoms with van der Waals surface area (Å²) in [6.45, 7) is 2.47. The molecule has 1 atom stereocenters. The van der Waals surface area contributed by atoms with Crippen molar-refractivity contribution in [3.05, 3.63) is 29.8 Å². The molecule has 1 aromatic rings. The highest BCUT2D eigenvalue weighted by Crippen LogP contribution is 2.48. The molecule has 0 aromatic heterocycles. The number of rotatable bonds is 6. The van der Waals surface area contributed by atoms with Gasteiger partial charge in [-0.25, -0.2) is 0 Å². The lowest BCUT2D eigenvalue weighted by atomic mass is 9.94. The van der Waals surface area contributed by atoms with Gasteiger partial charge >= 0.3 is 0 Å². The maximum absolute atomic E-state index is 12.5. The van der Waals surface area contributed by atoms with Crippen LogP contribution in [0.3, 0.4) is 0 Å². The lowest BCUT2D eigenvalue weighted by Gasteiger charge is -2.17. The third-order valence-electron chi connectivity index (χ3n) is 4.69. The van der Waals surface area contributed by atoms with Gasteiger partial charge in [-0.1, -0.05) is 12.1 Å². The van der Waals surface area contributed by atoms with Crippen LogP contribution < -0.4 is 10.1 Å². The highest BCUT2D eigenvalue weighted by Gasteiger charge is 2.51. The number of methoxy groups -OCH3 is 1. The molecule has 4 heteroatoms. The molecule has 2 fully saturated rings. The molecule has 1 saturated heterocycles. The summed E-state index contributed by atoms with van der Waals surface area (Å²) in [5, 5.41) is 3.11. The molecule has 1 aromatic carbocycles. The predicted molar refractivity (Wildman–Crippen MR) is 80.5 cm³/mol. The van der Waals surface area contributed by atoms with Gasteiger partial charge in [0, 0.05) is 19.8 Å². The van der Waals surface area contributed by atoms with E-state index >= 15 is 0 Å². The molecule has 1 N–H and O–H groups in total. The maximum atomic E-state index is 12.5. The van der Waals surface area contributed by atoms with Crippen molar-refractivity contribution in [1.29, 1.82) is 0 Å². The number of carbonyl (C=O) groups excluding carboxylic acids is 1. The molecule has 0 bridgehead atoms. The molecular weight excluding hydrogens is 266 g/mol. The number of benzene rings is 1. The van der Waals surface area contributed by atoms with Crippen molar-refractivity contribution >= 4 is 5.91 Å². The Balaban J connectivity index is 1.55. The summed E-state index contributed by atoms with van der Waals surface area (Å²) >= 11 is 0. The summed E-state index contributed by atoms with van der Waals surface area (Å²) < 4.78 is 10.5. The van der Waals surface area contributed by atoms with Crippen molar-refractivity contribution < 1.29 is 14.3 Å². The maximum Gasteiger partial charge on any atom is 0.230 e. The van der Waals surface area contributed by atoms with Crippen LogP contribution in [0.2, 0.25) is 0 Å². The molecule has 21 heavy (non-hydrogen) atoms. The van der Waals surface area contributed by atoms with Crippen LogP contribution in [0.1, 0.15) is 31.2 Å². The molecule has 114 valence electrons. The Bertz CT molecular complexity index is 487. The second kappa shape index (κ2) is 6.06. The lowest BCUT2D eigenvalue weighted by molar-refractivity contribution is -0.123. The van der Waals surface area contributed by atoms with Crippen LogP contribution >= 0.6 is 0 Å². The highest BCUT2D eigenvalue weighted by molar-refractivity contribution is 5.91. The molecule has 4 nitrogen and oxygen atoms in total. The number of ether oxygens (including phenoxy) is 2. The van der Waals surface area contributed by atoms with Gasteiger partial charge in [0.2, 0.25) is 5.91 Å². The number of hydrogen-bond donors (Lipinski definition) is 1. The minimum absolute atomic E-state index is 0.173. The SMILES string of the molecule is COc1ccc(C2(C(=O)NCCC3CCOC3)CC2)cc1. The molecule has 1 saturated carbocycles. The van der Waals surface area contributed by atoms with Crippen LogP contribution in [-0.4, -0.2) is 32.8 Å². The van der Waals surface area contributed by atoms with Crippen LogP contribution in [-0.2, 0) is 14.9 Å². The first kappa shape index (κ1) is 14.4. The minimum atomic E-state index is -0.293. The minimum Gasteiger partial charge on any atom is -0.497 e. The van der Waals surface area contributed by atoms with Crippen LogP contribution in [0.4, 0.5) is 0 Å². The first-order chi connectivity index (χ1) is 10.2. The first-order valence-electron chi connectivity index (χ1n) is 7.75. The van der Waals surface area contributed by atoms with E-state index in [0.717, 1.165) is 56.8 Å². The number of nitrogens with one attached hydrogen (secondary N) is 1. The van der Waals surface area contributed by atoms with E-state index in [4.69, 9.17) is 9.47 Å². The number of hydrogen-bond acceptors (Lipinski definition) is 3. The number of carbonyl (C=O) groups is 1. The summed E-state index contributed by atoms with van der Waals surface area (Å²) in [6.07, 6.45) is 4.03. The Kier molecular flexibility index (Phi) is 4.15. The van der Waals surface area contributed by atoms with Crippen molar-refractivity contribution in [1.82, 2.24) is 5.32 Å². The van der Waals surface area contributed by atoms with Crippen molar-refractivity contribution in [2.75, 3.05) is 26.9 Å². The third kappa shape index (κ3) is 3.05. The zero-order valence-corrected chi connectivity index (χ0v) is 12.6. The normalized spacial score (nSPS) is 22.8. The largest absolute Gasteiger partial charge is 0.497 e. The second-order valence-corrected chi connectivity index (χ2v) is 6.08. The van der Waals surface area contributed by atoms with Gasteiger partial charge in [-0.15, -0.1) is 0 Å². The number of amides is 1. The third-order valence-corrected chi connectivity index (χ3v) is 4.69. The van der Waals surface area contributed by atoms with E-state index in [2.05, 4.69) is 5.32 Å². The fraction of sp³-hybridized carbons (Fsp3) is 0.588. The van der Waals surface area contributed by atoms with Crippen LogP contribution in [0.25, 0.3) is 0 Å². The monoisotopic (exact) mass is 289 g/mol. The Hall–Kier alpha value is -1.55. The van der Waals surface area contributed by atoms with Crippen molar-refractivity contribution in [2.45, 2.75) is 31.1 Å². The average molecular weight is 289 g/mol. The molecule has 1 amide bonds. The van der Waals surface area contributed by atoms with Gasteiger partial charge in [0.15, 0.2) is 0 Å². The smallest absolute Gasteiger partial charge is 0.230 e. The van der Waals surface area contributed by atoms with Crippen molar-refractivity contribution in [3.63, 3.8) is 0 Å². The first-order valence-corrected chi connectivity index (χ1v) is 7.75. The summed E-state index contributed by atoms with van der Waals surface area (Å²) in [6, 6.07) is 7.88. The Morgan fingerprint density at radius 3 is 2.71 bits per heavy atom. The molecule has 3 rings (SSSR count). The van der Waals surface area contributed by atoms with Gasteiger partial charge in [-0.2, -0.15) is 0 Å². The van der Waals surface area contributed by atoms with E-state index < -0.39 is 0 Å². The van der Waals surface area contributed by atoms with E-state index in [1.54, 1.807) is 7.11 Å². The van der Waals surface area contributed by atoms with Gasteiger partial charge in [-0.3, -0.25) is 4.79 Å². The predicted octanol–water partition coefficient (Wildman–Crippen LogP) is 2.27. The highest BCUT2D eigenvalue weighted by atomic mass is 16.5. The van der Waals surface area contributed by atoms with Crippen molar-refractivity contribution in [2.24, 2.45) is 5.92 Å². The second-order valence-electron chi connectivity index (χ2n) is 6.08. The van der Waals surface area contributed by atoms with Crippen molar-refractivity contribution in [3.8, 4) is 5.75 Å². The zero-order valence-electron chi connectivity index (χ0n) is 12.6. The van der Waals surface area contributed by atoms with E-state index in [1.165, 1.54) is 0 Å². The van der Waals surface area contributed by atoms with Gasteiger partial charge in [0.25, 0.3) is 0 Å². The summed E-state index contributed by atoms with van der Waals surface area (Å²) in [5.74, 6) is 1.62. The van der Waals surface area contributed by atoms with Crippen LogP contribution in [0.5, 0.6) is 5.75 Å². The molecule has 0 radical (unpaired) electrons. The molecular formula is C17H23NO3. The lowest BCUT2D eigenvalue weighted by Crippen LogP contribution is -2.35. The standard InChI is InChI=1S/C17H23NO3/c1-20-15-4-2-14(3-5-15)17(8-9-17)16(19)18-10-6-13-7-11-21-12-13/h2-5,13H,6-12H2,1H3,(H,18,19). The zero-order chi connectivity index (χ0) is 14.7. The summed E-state index contributed by atoms with van der Waals surface area (Å²) in [5.41, 5.74) is 0.809. The van der Waals surface area contributed by atoms with E-state index in [9.17, 15) is 4.79 Å². The van der Waals surface area contributed by atoms with Gasteiger partial charge in [-0.05, 0) is 49.3 Å². The summed E-state index contributed by atoms with van der Waals surface area (Å²) in [7, 11) is 1.65. The van der Waals surface area contributed by atoms with E-state index in [1.807, 2.05) is 24.3 Å². The van der Waals surface area contributed by atoms with Gasteiger partial charge in [0.1, 0.15) is 5.75 Å². The summed E-state index contributed by atoms with van der Waals surface area (Å²) in [4.78, 5) is 12.5. The van der Waals surface area contributed by atoms with Crippen LogP contribution in [0.15, 0.2) is 24.3 Å².